The van der Waals surface area contributed by atoms with Crippen molar-refractivity contribution in [1.82, 2.24) is 20.4 Å². The monoisotopic (exact) mass is 261 g/mol. The lowest BCUT2D eigenvalue weighted by molar-refractivity contribution is -0.716. The molecule has 0 saturated heterocycles. The number of aromatic nitrogens is 5. The van der Waals surface area contributed by atoms with E-state index in [2.05, 4.69) is 20.4 Å². The second-order valence-electron chi connectivity index (χ2n) is 2.41. The van der Waals surface area contributed by atoms with Crippen molar-refractivity contribution in [2.45, 2.75) is 13.8 Å². The van der Waals surface area contributed by atoms with Crippen molar-refractivity contribution >= 4 is 11.3 Å². The first kappa shape index (κ1) is 10.3. The van der Waals surface area contributed by atoms with Gasteiger partial charge in [-0.3, -0.25) is 0 Å². The van der Waals surface area contributed by atoms with Crippen molar-refractivity contribution in [3.63, 3.8) is 0 Å². The number of nitrogens with zero attached hydrogens (tertiary/aromatic N) is 4. The van der Waals surface area contributed by atoms with Crippen LogP contribution in [-0.2, 0) is 0 Å². The molecule has 2 aromatic rings. The number of rotatable bonds is 1. The molecule has 0 atom stereocenters. The molecule has 7 heteroatoms. The van der Waals surface area contributed by atoms with Gasteiger partial charge < -0.3 is 17.0 Å². The van der Waals surface area contributed by atoms with Gasteiger partial charge in [-0.1, -0.05) is 26.6 Å². The lowest BCUT2D eigenvalue weighted by atomic mass is 10.4. The molecule has 1 N–H and O–H groups in total. The van der Waals surface area contributed by atoms with E-state index < -0.39 is 0 Å². The molecule has 2 heterocycles. The smallest absolute Gasteiger partial charge is 0.364 e. The van der Waals surface area contributed by atoms with Crippen LogP contribution < -0.4 is 21.8 Å². The summed E-state index contributed by atoms with van der Waals surface area (Å²) >= 11 is 1.59. The lowest BCUT2D eigenvalue weighted by Gasteiger charge is -1.78. The summed E-state index contributed by atoms with van der Waals surface area (Å²) in [5.74, 6) is 0. The third kappa shape index (κ3) is 1.92. The average molecular weight is 262 g/mol. The van der Waals surface area contributed by atoms with Gasteiger partial charge in [-0.05, 0) is 23.7 Å². The summed E-state index contributed by atoms with van der Waals surface area (Å²) in [6.45, 7) is 4.01. The molecule has 0 radical (unpaired) electrons. The van der Waals surface area contributed by atoms with E-state index in [-0.39, 0.29) is 17.0 Å². The van der Waals surface area contributed by atoms with Gasteiger partial charge in [-0.15, -0.1) is 0 Å². The standard InChI is InChI=1S/C6H7N5S.BrH/c1-4-5(2)12-6(9-4)11-8-3-7-10-11;/h3H,1-2H3;1H. The van der Waals surface area contributed by atoms with Crippen LogP contribution in [0.1, 0.15) is 10.6 Å². The highest BCUT2D eigenvalue weighted by Crippen LogP contribution is 2.14. The van der Waals surface area contributed by atoms with Crippen LogP contribution >= 0.6 is 11.3 Å². The van der Waals surface area contributed by atoms with Crippen molar-refractivity contribution in [2.75, 3.05) is 0 Å². The molecule has 0 saturated carbocycles. The molecule has 70 valence electrons. The van der Waals surface area contributed by atoms with Gasteiger partial charge in [0, 0.05) is 4.88 Å². The topological polar surface area (TPSA) is 58.3 Å². The SMILES string of the molecule is Cc1nc(-[n+]2ncn[nH]2)sc1C.[Br-]. The summed E-state index contributed by atoms with van der Waals surface area (Å²) in [5.41, 5.74) is 1.04. The summed E-state index contributed by atoms with van der Waals surface area (Å²) in [6, 6.07) is 0. The minimum atomic E-state index is 0. The molecule has 2 rings (SSSR count). The van der Waals surface area contributed by atoms with Crippen molar-refractivity contribution in [1.29, 1.82) is 0 Å². The fourth-order valence-corrected chi connectivity index (χ4v) is 1.65. The zero-order valence-corrected chi connectivity index (χ0v) is 9.55. The van der Waals surface area contributed by atoms with Crippen molar-refractivity contribution in [3.8, 4) is 5.13 Å². The van der Waals surface area contributed by atoms with Gasteiger partial charge in [0.25, 0.3) is 6.33 Å². The van der Waals surface area contributed by atoms with E-state index in [1.807, 2.05) is 13.8 Å². The first-order valence-electron chi connectivity index (χ1n) is 3.49. The Morgan fingerprint density at radius 2 is 2.23 bits per heavy atom. The number of aromatic amines is 1. The summed E-state index contributed by atoms with van der Waals surface area (Å²) in [5, 5.41) is 11.2. The number of aryl methyl sites for hydroxylation is 2. The Morgan fingerprint density at radius 1 is 1.46 bits per heavy atom. The highest BCUT2D eigenvalue weighted by molar-refractivity contribution is 7.13. The zero-order valence-electron chi connectivity index (χ0n) is 7.15. The van der Waals surface area contributed by atoms with E-state index in [0.29, 0.717) is 0 Å². The van der Waals surface area contributed by atoms with Crippen LogP contribution in [0.25, 0.3) is 5.13 Å². The Morgan fingerprint density at radius 3 is 2.69 bits per heavy atom. The predicted octanol–water partition coefficient (Wildman–Crippen LogP) is -2.84. The fourth-order valence-electron chi connectivity index (χ4n) is 0.822. The minimum absolute atomic E-state index is 0. The summed E-state index contributed by atoms with van der Waals surface area (Å²) in [4.78, 5) is 7.05. The molecule has 0 spiro atoms. The third-order valence-corrected chi connectivity index (χ3v) is 2.62. The van der Waals surface area contributed by atoms with Gasteiger partial charge in [-0.2, -0.15) is 0 Å². The minimum Gasteiger partial charge on any atom is -1.00 e. The molecule has 0 aliphatic rings. The largest absolute Gasteiger partial charge is 1.00 e. The van der Waals surface area contributed by atoms with E-state index in [1.54, 1.807) is 16.1 Å². The first-order valence-corrected chi connectivity index (χ1v) is 4.31. The molecule has 5 nitrogen and oxygen atoms in total. The Balaban J connectivity index is 0.000000845. The van der Waals surface area contributed by atoms with Gasteiger partial charge in [0.2, 0.25) is 0 Å². The van der Waals surface area contributed by atoms with Crippen LogP contribution in [-0.4, -0.2) is 20.4 Å². The molecular weight excluding hydrogens is 254 g/mol. The molecule has 0 aliphatic carbocycles. The quantitative estimate of drug-likeness (QED) is 0.563. The van der Waals surface area contributed by atoms with Crippen molar-refractivity contribution in [3.05, 3.63) is 16.9 Å². The van der Waals surface area contributed by atoms with E-state index in [0.717, 1.165) is 10.8 Å². The Kier molecular flexibility index (Phi) is 3.10. The molecule has 0 amide bonds. The van der Waals surface area contributed by atoms with Crippen LogP contribution in [0.2, 0.25) is 0 Å². The van der Waals surface area contributed by atoms with Crippen LogP contribution in [0.5, 0.6) is 0 Å². The number of H-pyrrole nitrogens is 1. The Bertz CT molecular complexity index is 362. The molecule has 2 aromatic heterocycles. The summed E-state index contributed by atoms with van der Waals surface area (Å²) < 4.78 is 0. The zero-order chi connectivity index (χ0) is 8.55. The third-order valence-electron chi connectivity index (χ3n) is 1.58. The van der Waals surface area contributed by atoms with E-state index in [9.17, 15) is 0 Å². The number of hydrogen-bond acceptors (Lipinski definition) is 4. The summed E-state index contributed by atoms with van der Waals surface area (Å²) in [6.07, 6.45) is 1.45. The molecular formula is C6H8BrN5S. The van der Waals surface area contributed by atoms with Gasteiger partial charge in [-0.25, -0.2) is 0 Å². The molecule has 0 aromatic carbocycles. The lowest BCUT2D eigenvalue weighted by Crippen LogP contribution is -3.00. The van der Waals surface area contributed by atoms with Crippen LogP contribution in [0.15, 0.2) is 6.33 Å². The Labute approximate surface area is 89.6 Å². The van der Waals surface area contributed by atoms with Gasteiger partial charge >= 0.3 is 5.13 Å². The second kappa shape index (κ2) is 3.93. The summed E-state index contributed by atoms with van der Waals surface area (Å²) in [7, 11) is 0. The number of tetrazole rings is 1. The van der Waals surface area contributed by atoms with E-state index in [1.165, 1.54) is 11.2 Å². The maximum Gasteiger partial charge on any atom is 0.364 e. The van der Waals surface area contributed by atoms with E-state index in [4.69, 9.17) is 0 Å². The number of hydrogen-bond donors (Lipinski definition) is 1. The molecule has 0 bridgehead atoms. The van der Waals surface area contributed by atoms with E-state index >= 15 is 0 Å². The molecule has 0 unspecified atom stereocenters. The number of halogens is 1. The van der Waals surface area contributed by atoms with Gasteiger partial charge in [0.15, 0.2) is 0 Å². The molecule has 13 heavy (non-hydrogen) atoms. The molecule has 0 fully saturated rings. The van der Waals surface area contributed by atoms with Crippen molar-refractivity contribution in [2.24, 2.45) is 0 Å². The van der Waals surface area contributed by atoms with Crippen LogP contribution in [0.3, 0.4) is 0 Å². The average Bonchev–Trinajstić information content (AvgIpc) is 2.61. The molecule has 0 aliphatic heterocycles. The highest BCUT2D eigenvalue weighted by atomic mass is 79.9. The maximum atomic E-state index is 4.30. The Hall–Kier alpha value is -0.820. The number of thiazole rings is 1. The number of nitrogens with one attached hydrogen (secondary N) is 1. The van der Waals surface area contributed by atoms with Crippen LogP contribution in [0.4, 0.5) is 0 Å². The highest BCUT2D eigenvalue weighted by Gasteiger charge is 2.13. The normalized spacial score (nSPS) is 9.69. The first-order chi connectivity index (χ1) is 5.77. The van der Waals surface area contributed by atoms with Gasteiger partial charge in [0.05, 0.1) is 0 Å². The van der Waals surface area contributed by atoms with Crippen molar-refractivity contribution < 1.29 is 21.8 Å². The predicted molar refractivity (Wildman–Crippen MR) is 43.1 cm³/mol. The van der Waals surface area contributed by atoms with Gasteiger partial charge in [0.1, 0.15) is 5.69 Å². The maximum absolute atomic E-state index is 4.30. The fraction of sp³-hybridized carbons (Fsp3) is 0.333. The second-order valence-corrected chi connectivity index (χ2v) is 3.59. The van der Waals surface area contributed by atoms with Crippen LogP contribution in [0, 0.1) is 13.8 Å².